The maximum absolute atomic E-state index is 13.9. The van der Waals surface area contributed by atoms with Gasteiger partial charge in [-0.15, -0.1) is 0 Å². The van der Waals surface area contributed by atoms with Crippen LogP contribution in [-0.2, 0) is 16.0 Å². The van der Waals surface area contributed by atoms with Crippen LogP contribution in [0.2, 0.25) is 10.0 Å². The minimum absolute atomic E-state index is 0.0221. The van der Waals surface area contributed by atoms with Gasteiger partial charge in [-0.3, -0.25) is 24.6 Å². The second-order valence-corrected chi connectivity index (χ2v) is 14.3. The van der Waals surface area contributed by atoms with Crippen molar-refractivity contribution >= 4 is 40.9 Å². The van der Waals surface area contributed by atoms with Crippen LogP contribution in [-0.4, -0.2) is 101 Å². The molecule has 0 aromatic heterocycles. The molecule has 256 valence electrons. The van der Waals surface area contributed by atoms with Crippen LogP contribution in [0.4, 0.5) is 0 Å². The van der Waals surface area contributed by atoms with E-state index in [-0.39, 0.29) is 42.4 Å². The summed E-state index contributed by atoms with van der Waals surface area (Å²) in [7, 11) is 0. The van der Waals surface area contributed by atoms with Gasteiger partial charge < -0.3 is 14.7 Å². The molecule has 3 aliphatic heterocycles. The molecular weight excluding hydrogens is 659 g/mol. The second-order valence-electron chi connectivity index (χ2n) is 13.5. The van der Waals surface area contributed by atoms with Gasteiger partial charge in [0.2, 0.25) is 11.8 Å². The van der Waals surface area contributed by atoms with Crippen molar-refractivity contribution < 1.29 is 14.4 Å². The van der Waals surface area contributed by atoms with E-state index in [4.69, 9.17) is 28.5 Å². The van der Waals surface area contributed by atoms with Gasteiger partial charge in [0, 0.05) is 63.3 Å². The lowest BCUT2D eigenvalue weighted by Crippen LogP contribution is -2.55. The summed E-state index contributed by atoms with van der Waals surface area (Å²) >= 11 is 12.7. The molecule has 6 rings (SSSR count). The standard InChI is InChI=1S/C38H42Cl2N6O3/c1-25-16-26(2)18-29(17-25)37(48)44-14-15-45(35(24-44)28-8-9-32(39)33(40)20-28)36(47)10-13-43-22-31-21-30(43)23-46(31)38(49)34(42-12-11-41)19-27-6-4-3-5-7-27/h3-9,16-18,20,30-31,34-35,42H,10,12-15,19,21-24H2,1-2H3/t30-,31-,34+,35-/m0/s1. The molecule has 3 fully saturated rings. The molecule has 1 N–H and O–H groups in total. The van der Waals surface area contributed by atoms with Crippen molar-refractivity contribution in [2.75, 3.05) is 45.8 Å². The fourth-order valence-corrected chi connectivity index (χ4v) is 8.00. The molecule has 3 aromatic carbocycles. The Labute approximate surface area is 298 Å². The average molecular weight is 702 g/mol. The highest BCUT2D eigenvalue weighted by atomic mass is 35.5. The monoisotopic (exact) mass is 700 g/mol. The van der Waals surface area contributed by atoms with E-state index >= 15 is 0 Å². The predicted molar refractivity (Wildman–Crippen MR) is 190 cm³/mol. The largest absolute Gasteiger partial charge is 0.335 e. The third-order valence-corrected chi connectivity index (χ3v) is 10.8. The van der Waals surface area contributed by atoms with Crippen LogP contribution in [0, 0.1) is 25.2 Å². The van der Waals surface area contributed by atoms with Crippen LogP contribution in [0.15, 0.2) is 66.7 Å². The van der Waals surface area contributed by atoms with Crippen LogP contribution in [0.5, 0.6) is 0 Å². The summed E-state index contributed by atoms with van der Waals surface area (Å²) in [6.45, 7) is 7.20. The van der Waals surface area contributed by atoms with Crippen molar-refractivity contribution in [3.63, 3.8) is 0 Å². The molecule has 3 heterocycles. The summed E-state index contributed by atoms with van der Waals surface area (Å²) < 4.78 is 0. The summed E-state index contributed by atoms with van der Waals surface area (Å²) in [5.74, 6) is -0.000992. The van der Waals surface area contributed by atoms with E-state index in [2.05, 4.69) is 16.3 Å². The number of nitrogens with one attached hydrogen (secondary N) is 1. The maximum Gasteiger partial charge on any atom is 0.254 e. The quantitative estimate of drug-likeness (QED) is 0.298. The molecule has 3 amide bonds. The molecule has 3 aliphatic rings. The Morgan fingerprint density at radius 2 is 1.65 bits per heavy atom. The number of hydrogen-bond donors (Lipinski definition) is 1. The maximum atomic E-state index is 13.9. The Balaban J connectivity index is 1.09. The molecule has 0 radical (unpaired) electrons. The first-order valence-electron chi connectivity index (χ1n) is 16.9. The number of hydrogen-bond acceptors (Lipinski definition) is 6. The smallest absolute Gasteiger partial charge is 0.254 e. The first-order chi connectivity index (χ1) is 23.6. The number of piperazine rings is 2. The molecule has 3 saturated heterocycles. The lowest BCUT2D eigenvalue weighted by Gasteiger charge is -2.42. The van der Waals surface area contributed by atoms with Gasteiger partial charge in [-0.25, -0.2) is 0 Å². The number of amides is 3. The molecule has 49 heavy (non-hydrogen) atoms. The SMILES string of the molecule is Cc1cc(C)cc(C(=O)N2CCN(C(=O)CCN3C[C@@H]4C[C@H]3CN4C(=O)[C@@H](Cc3ccccc3)NCC#N)[C@H](c3ccc(Cl)c(Cl)c3)C2)c1. The minimum atomic E-state index is -0.463. The number of aryl methyl sites for hydroxylation is 2. The fourth-order valence-electron chi connectivity index (χ4n) is 7.69. The van der Waals surface area contributed by atoms with Gasteiger partial charge in [-0.05, 0) is 62.1 Å². The number of nitrogens with zero attached hydrogens (tertiary/aromatic N) is 5. The number of carbonyl (C=O) groups excluding carboxylic acids is 3. The molecule has 9 nitrogen and oxygen atoms in total. The molecule has 3 aromatic rings. The van der Waals surface area contributed by atoms with Crippen molar-refractivity contribution in [2.45, 2.75) is 57.3 Å². The molecular formula is C38H42Cl2N6O3. The van der Waals surface area contributed by atoms with Crippen LogP contribution in [0.1, 0.15) is 51.5 Å². The summed E-state index contributed by atoms with van der Waals surface area (Å²) in [5, 5.41) is 13.1. The first-order valence-corrected chi connectivity index (χ1v) is 17.7. The third kappa shape index (κ3) is 7.94. The summed E-state index contributed by atoms with van der Waals surface area (Å²) in [4.78, 5) is 49.2. The highest BCUT2D eigenvalue weighted by Gasteiger charge is 2.46. The normalized spacial score (nSPS) is 21.1. The molecule has 0 unspecified atom stereocenters. The second kappa shape index (κ2) is 15.3. The third-order valence-electron chi connectivity index (χ3n) is 10.0. The number of benzene rings is 3. The highest BCUT2D eigenvalue weighted by molar-refractivity contribution is 6.42. The van der Waals surface area contributed by atoms with Gasteiger partial charge in [0.25, 0.3) is 5.91 Å². The van der Waals surface area contributed by atoms with Crippen LogP contribution >= 0.6 is 23.2 Å². The number of likely N-dealkylation sites (tertiary alicyclic amines) is 2. The lowest BCUT2D eigenvalue weighted by molar-refractivity contribution is -0.138. The highest BCUT2D eigenvalue weighted by Crippen LogP contribution is 2.34. The Kier molecular flexibility index (Phi) is 10.9. The number of rotatable bonds is 10. The van der Waals surface area contributed by atoms with Crippen molar-refractivity contribution in [1.82, 2.24) is 24.9 Å². The zero-order valence-corrected chi connectivity index (χ0v) is 29.5. The van der Waals surface area contributed by atoms with Gasteiger partial charge in [0.15, 0.2) is 0 Å². The van der Waals surface area contributed by atoms with Crippen molar-refractivity contribution in [2.24, 2.45) is 0 Å². The Morgan fingerprint density at radius 3 is 2.33 bits per heavy atom. The molecule has 4 atom stereocenters. The first kappa shape index (κ1) is 34.9. The number of halogens is 2. The molecule has 2 bridgehead atoms. The number of nitriles is 1. The molecule has 0 aliphatic carbocycles. The van der Waals surface area contributed by atoms with E-state index in [9.17, 15) is 14.4 Å². The number of fused-ring (bicyclic) bond motifs is 2. The predicted octanol–water partition coefficient (Wildman–Crippen LogP) is 5.04. The van der Waals surface area contributed by atoms with E-state index in [0.29, 0.717) is 67.7 Å². The Morgan fingerprint density at radius 1 is 0.898 bits per heavy atom. The molecule has 0 spiro atoms. The fraction of sp³-hybridized carbons (Fsp3) is 0.421. The number of carbonyl (C=O) groups is 3. The van der Waals surface area contributed by atoms with E-state index in [1.54, 1.807) is 12.1 Å². The lowest BCUT2D eigenvalue weighted by atomic mass is 10.00. The minimum Gasteiger partial charge on any atom is -0.335 e. The van der Waals surface area contributed by atoms with Gasteiger partial charge in [-0.1, -0.05) is 76.8 Å². The Bertz CT molecular complexity index is 1730. The average Bonchev–Trinajstić information content (AvgIpc) is 3.70. The van der Waals surface area contributed by atoms with E-state index < -0.39 is 6.04 Å². The van der Waals surface area contributed by atoms with Crippen molar-refractivity contribution in [3.05, 3.63) is 105 Å². The summed E-state index contributed by atoms with van der Waals surface area (Å²) in [6, 6.07) is 22.7. The van der Waals surface area contributed by atoms with Crippen LogP contribution < -0.4 is 5.32 Å². The van der Waals surface area contributed by atoms with E-state index in [1.807, 2.05) is 83.1 Å². The van der Waals surface area contributed by atoms with Gasteiger partial charge in [-0.2, -0.15) is 5.26 Å². The zero-order chi connectivity index (χ0) is 34.7. The topological polar surface area (TPSA) is 100.0 Å². The summed E-state index contributed by atoms with van der Waals surface area (Å²) in [5.41, 5.74) is 4.59. The van der Waals surface area contributed by atoms with Gasteiger partial charge >= 0.3 is 0 Å². The van der Waals surface area contributed by atoms with E-state index in [0.717, 1.165) is 28.7 Å². The zero-order valence-electron chi connectivity index (χ0n) is 27.9. The molecule has 0 saturated carbocycles. The Hall–Kier alpha value is -3.94. The molecule has 11 heteroatoms. The van der Waals surface area contributed by atoms with Crippen LogP contribution in [0.3, 0.4) is 0 Å². The van der Waals surface area contributed by atoms with E-state index in [1.165, 1.54) is 0 Å². The van der Waals surface area contributed by atoms with Crippen LogP contribution in [0.25, 0.3) is 0 Å². The van der Waals surface area contributed by atoms with Gasteiger partial charge in [0.05, 0.1) is 34.7 Å². The summed E-state index contributed by atoms with van der Waals surface area (Å²) in [6.07, 6.45) is 1.73. The van der Waals surface area contributed by atoms with Gasteiger partial charge in [0.1, 0.15) is 0 Å². The van der Waals surface area contributed by atoms with Crippen molar-refractivity contribution in [3.8, 4) is 6.07 Å². The van der Waals surface area contributed by atoms with Crippen molar-refractivity contribution in [1.29, 1.82) is 5.26 Å².